The zero-order valence-corrected chi connectivity index (χ0v) is 18.1. The van der Waals surface area contributed by atoms with Crippen molar-refractivity contribution in [1.82, 2.24) is 4.90 Å². The summed E-state index contributed by atoms with van der Waals surface area (Å²) >= 11 is 1.77. The van der Waals surface area contributed by atoms with Crippen LogP contribution >= 0.6 is 11.3 Å². The minimum absolute atomic E-state index is 0.0522. The molecule has 5 rings (SSSR count). The fourth-order valence-electron chi connectivity index (χ4n) is 4.67. The average molecular weight is 428 g/mol. The molecule has 4 heteroatoms. The summed E-state index contributed by atoms with van der Waals surface area (Å²) in [6.07, 6.45) is 2.71. The first-order chi connectivity index (χ1) is 15.2. The zero-order valence-electron chi connectivity index (χ0n) is 17.3. The normalized spacial score (nSPS) is 18.1. The highest BCUT2D eigenvalue weighted by atomic mass is 32.1. The lowest BCUT2D eigenvalue weighted by molar-refractivity contribution is -0.145. The van der Waals surface area contributed by atoms with Gasteiger partial charge in [0, 0.05) is 9.58 Å². The van der Waals surface area contributed by atoms with Crippen molar-refractivity contribution < 1.29 is 9.90 Å². The maximum atomic E-state index is 12.1. The van der Waals surface area contributed by atoms with E-state index in [9.17, 15) is 9.90 Å². The van der Waals surface area contributed by atoms with Crippen molar-refractivity contribution in [2.75, 3.05) is 6.54 Å². The molecule has 0 aliphatic carbocycles. The maximum absolute atomic E-state index is 12.1. The smallest absolute Gasteiger partial charge is 0.320 e. The molecule has 156 valence electrons. The second-order valence-electron chi connectivity index (χ2n) is 8.16. The van der Waals surface area contributed by atoms with Gasteiger partial charge in [-0.2, -0.15) is 0 Å². The lowest BCUT2D eigenvalue weighted by Crippen LogP contribution is -2.46. The zero-order chi connectivity index (χ0) is 21.2. The van der Waals surface area contributed by atoms with Crippen LogP contribution in [0.5, 0.6) is 0 Å². The minimum Gasteiger partial charge on any atom is -0.480 e. The van der Waals surface area contributed by atoms with Crippen molar-refractivity contribution in [3.63, 3.8) is 0 Å². The number of hydrogen-bond acceptors (Lipinski definition) is 3. The number of nitrogens with zero attached hydrogens (tertiary/aromatic N) is 1. The summed E-state index contributed by atoms with van der Waals surface area (Å²) in [5.74, 6) is -0.716. The van der Waals surface area contributed by atoms with Crippen molar-refractivity contribution in [2.45, 2.75) is 31.3 Å². The molecular weight excluding hydrogens is 402 g/mol. The maximum Gasteiger partial charge on any atom is 0.320 e. The van der Waals surface area contributed by atoms with Crippen LogP contribution in [0.1, 0.15) is 35.7 Å². The van der Waals surface area contributed by atoms with Crippen LogP contribution in [0.3, 0.4) is 0 Å². The first-order valence-electron chi connectivity index (χ1n) is 10.8. The predicted octanol–water partition coefficient (Wildman–Crippen LogP) is 6.60. The van der Waals surface area contributed by atoms with Gasteiger partial charge < -0.3 is 5.11 Å². The van der Waals surface area contributed by atoms with Crippen molar-refractivity contribution >= 4 is 27.4 Å². The number of fused-ring (bicyclic) bond motifs is 1. The first kappa shape index (κ1) is 20.0. The lowest BCUT2D eigenvalue weighted by Gasteiger charge is -2.39. The molecule has 0 saturated carbocycles. The highest BCUT2D eigenvalue weighted by molar-refractivity contribution is 7.19. The van der Waals surface area contributed by atoms with Gasteiger partial charge in [-0.25, -0.2) is 0 Å². The van der Waals surface area contributed by atoms with E-state index < -0.39 is 12.0 Å². The molecule has 1 aliphatic rings. The van der Waals surface area contributed by atoms with Gasteiger partial charge in [0.15, 0.2) is 0 Å². The van der Waals surface area contributed by atoms with E-state index in [0.29, 0.717) is 6.42 Å². The molecule has 2 heterocycles. The van der Waals surface area contributed by atoms with E-state index in [1.54, 1.807) is 11.3 Å². The number of hydrogen-bond donors (Lipinski definition) is 1. The van der Waals surface area contributed by atoms with Gasteiger partial charge in [-0.3, -0.25) is 9.69 Å². The second kappa shape index (κ2) is 8.66. The number of benzene rings is 3. The van der Waals surface area contributed by atoms with Gasteiger partial charge in [-0.15, -0.1) is 11.3 Å². The van der Waals surface area contributed by atoms with Crippen molar-refractivity contribution in [3.8, 4) is 11.1 Å². The van der Waals surface area contributed by atoms with Gasteiger partial charge in [-0.05, 0) is 53.6 Å². The number of likely N-dealkylation sites (tertiary alicyclic amines) is 1. The van der Waals surface area contributed by atoms with Crippen molar-refractivity contribution in [3.05, 3.63) is 95.4 Å². The van der Waals surface area contributed by atoms with Gasteiger partial charge in [-0.1, -0.05) is 79.2 Å². The van der Waals surface area contributed by atoms with Gasteiger partial charge in [0.2, 0.25) is 0 Å². The van der Waals surface area contributed by atoms with Gasteiger partial charge in [0.05, 0.1) is 6.04 Å². The Morgan fingerprint density at radius 2 is 1.61 bits per heavy atom. The molecule has 3 nitrogen and oxygen atoms in total. The van der Waals surface area contributed by atoms with Crippen LogP contribution < -0.4 is 0 Å². The molecule has 2 unspecified atom stereocenters. The Hall–Kier alpha value is -2.95. The molecule has 0 bridgehead atoms. The van der Waals surface area contributed by atoms with Crippen LogP contribution in [0.15, 0.2) is 84.9 Å². The molecule has 4 aromatic rings. The van der Waals surface area contributed by atoms with Gasteiger partial charge in [0.1, 0.15) is 6.04 Å². The number of carboxylic acid groups (broad SMARTS) is 1. The number of aliphatic carboxylic acids is 1. The molecule has 3 aromatic carbocycles. The van der Waals surface area contributed by atoms with Crippen LogP contribution in [0, 0.1) is 0 Å². The Balaban J connectivity index is 1.58. The van der Waals surface area contributed by atoms with E-state index in [0.717, 1.165) is 24.9 Å². The molecule has 1 aliphatic heterocycles. The summed E-state index contributed by atoms with van der Waals surface area (Å²) in [7, 11) is 0. The number of rotatable bonds is 5. The third-order valence-corrected chi connectivity index (χ3v) is 7.38. The van der Waals surface area contributed by atoms with Gasteiger partial charge in [0.25, 0.3) is 0 Å². The molecule has 2 atom stereocenters. The van der Waals surface area contributed by atoms with Crippen LogP contribution in [0.2, 0.25) is 0 Å². The number of carboxylic acids is 1. The van der Waals surface area contributed by atoms with E-state index >= 15 is 0 Å². The summed E-state index contributed by atoms with van der Waals surface area (Å²) in [5.41, 5.74) is 3.51. The highest BCUT2D eigenvalue weighted by Gasteiger charge is 2.35. The molecule has 0 amide bonds. The van der Waals surface area contributed by atoms with E-state index in [1.165, 1.54) is 26.1 Å². The Labute approximate surface area is 186 Å². The largest absolute Gasteiger partial charge is 0.480 e. The third-order valence-electron chi connectivity index (χ3n) is 6.21. The fraction of sp³-hybridized carbons (Fsp3) is 0.222. The molecule has 1 N–H and O–H groups in total. The Morgan fingerprint density at radius 3 is 2.35 bits per heavy atom. The molecular formula is C27H25NO2S. The van der Waals surface area contributed by atoms with E-state index in [1.807, 2.05) is 6.07 Å². The Bertz CT molecular complexity index is 1150. The minimum atomic E-state index is -0.716. The molecule has 0 spiro atoms. The van der Waals surface area contributed by atoms with Crippen LogP contribution in [0.4, 0.5) is 0 Å². The topological polar surface area (TPSA) is 40.5 Å². The lowest BCUT2D eigenvalue weighted by atomic mass is 9.94. The average Bonchev–Trinajstić information content (AvgIpc) is 3.24. The summed E-state index contributed by atoms with van der Waals surface area (Å²) in [5, 5.41) is 11.2. The van der Waals surface area contributed by atoms with E-state index in [-0.39, 0.29) is 6.04 Å². The Morgan fingerprint density at radius 1 is 0.903 bits per heavy atom. The standard InChI is InChI=1S/C27H25NO2S/c29-27(30)23-11-6-7-17-28(23)26(25-18-22-10-4-5-12-24(22)31-25)21-15-13-20(14-16-21)19-8-2-1-3-9-19/h1-5,8-10,12-16,18,23,26H,6-7,11,17H2,(H,29,30). The highest BCUT2D eigenvalue weighted by Crippen LogP contribution is 2.40. The Kier molecular flexibility index (Phi) is 5.58. The van der Waals surface area contributed by atoms with Crippen molar-refractivity contribution in [2.24, 2.45) is 0 Å². The predicted molar refractivity (Wildman–Crippen MR) is 128 cm³/mol. The first-order valence-corrected chi connectivity index (χ1v) is 11.6. The second-order valence-corrected chi connectivity index (χ2v) is 9.28. The molecule has 31 heavy (non-hydrogen) atoms. The fourth-order valence-corrected chi connectivity index (χ4v) is 5.89. The molecule has 1 saturated heterocycles. The summed E-state index contributed by atoms with van der Waals surface area (Å²) in [6, 6.07) is 29.2. The van der Waals surface area contributed by atoms with E-state index in [4.69, 9.17) is 0 Å². The third kappa shape index (κ3) is 4.01. The van der Waals surface area contributed by atoms with Gasteiger partial charge >= 0.3 is 5.97 Å². The van der Waals surface area contributed by atoms with Crippen molar-refractivity contribution in [1.29, 1.82) is 0 Å². The summed E-state index contributed by atoms with van der Waals surface area (Å²) in [6.45, 7) is 0.802. The molecule has 0 radical (unpaired) electrons. The molecule has 1 fully saturated rings. The van der Waals surface area contributed by atoms with Crippen LogP contribution in [-0.2, 0) is 4.79 Å². The number of thiophene rings is 1. The number of carbonyl (C=O) groups is 1. The summed E-state index contributed by atoms with van der Waals surface area (Å²) in [4.78, 5) is 15.5. The van der Waals surface area contributed by atoms with Crippen LogP contribution in [-0.4, -0.2) is 28.6 Å². The SMILES string of the molecule is O=C(O)C1CCCCN1C(c1ccc(-c2ccccc2)cc1)c1cc2ccccc2s1. The molecule has 1 aromatic heterocycles. The van der Waals surface area contributed by atoms with Crippen LogP contribution in [0.25, 0.3) is 21.2 Å². The quantitative estimate of drug-likeness (QED) is 0.390. The summed E-state index contributed by atoms with van der Waals surface area (Å²) < 4.78 is 1.24. The van der Waals surface area contributed by atoms with E-state index in [2.05, 4.69) is 83.8 Å². The number of piperidine rings is 1. The monoisotopic (exact) mass is 427 g/mol.